The van der Waals surface area contributed by atoms with Gasteiger partial charge in [0.1, 0.15) is 0 Å². The predicted octanol–water partition coefficient (Wildman–Crippen LogP) is 5.42. The molecule has 0 N–H and O–H groups in total. The van der Waals surface area contributed by atoms with Gasteiger partial charge < -0.3 is 4.74 Å². The maximum atomic E-state index is 10.9. The third-order valence-corrected chi connectivity index (χ3v) is 3.22. The molecular weight excluding hydrogens is 236 g/mol. The summed E-state index contributed by atoms with van der Waals surface area (Å²) in [4.78, 5) is 10.9. The van der Waals surface area contributed by atoms with Gasteiger partial charge in [0.15, 0.2) is 0 Å². The first-order valence-corrected chi connectivity index (χ1v) is 8.11. The van der Waals surface area contributed by atoms with E-state index in [-0.39, 0.29) is 5.97 Å². The quantitative estimate of drug-likeness (QED) is 0.253. The Balaban J connectivity index is 3.03. The van der Waals surface area contributed by atoms with E-state index >= 15 is 0 Å². The van der Waals surface area contributed by atoms with Gasteiger partial charge in [-0.2, -0.15) is 0 Å². The SMILES string of the molecule is CC/C=C/CCCCCCCCCCOC(=O)CC. The van der Waals surface area contributed by atoms with Gasteiger partial charge in [0, 0.05) is 6.42 Å². The highest BCUT2D eigenvalue weighted by molar-refractivity contribution is 5.68. The van der Waals surface area contributed by atoms with Gasteiger partial charge in [-0.15, -0.1) is 0 Å². The lowest BCUT2D eigenvalue weighted by molar-refractivity contribution is -0.143. The first-order valence-electron chi connectivity index (χ1n) is 8.11. The Morgan fingerprint density at radius 3 is 2.00 bits per heavy atom. The molecule has 0 aliphatic carbocycles. The molecule has 2 heteroatoms. The lowest BCUT2D eigenvalue weighted by atomic mass is 10.1. The van der Waals surface area contributed by atoms with Crippen molar-refractivity contribution in [2.75, 3.05) is 6.61 Å². The molecule has 0 rings (SSSR count). The fraction of sp³-hybridized carbons (Fsp3) is 0.824. The Labute approximate surface area is 119 Å². The molecule has 0 amide bonds. The number of unbranched alkanes of at least 4 members (excludes halogenated alkanes) is 8. The van der Waals surface area contributed by atoms with Gasteiger partial charge in [-0.25, -0.2) is 0 Å². The van der Waals surface area contributed by atoms with E-state index in [9.17, 15) is 4.79 Å². The molecule has 0 aromatic rings. The summed E-state index contributed by atoms with van der Waals surface area (Å²) in [5.41, 5.74) is 0. The van der Waals surface area contributed by atoms with Crippen LogP contribution in [0.4, 0.5) is 0 Å². The summed E-state index contributed by atoms with van der Waals surface area (Å²) >= 11 is 0. The third kappa shape index (κ3) is 15.2. The van der Waals surface area contributed by atoms with Crippen molar-refractivity contribution in [2.45, 2.75) is 84.5 Å². The molecule has 0 saturated heterocycles. The van der Waals surface area contributed by atoms with E-state index < -0.39 is 0 Å². The second-order valence-electron chi connectivity index (χ2n) is 5.07. The summed E-state index contributed by atoms with van der Waals surface area (Å²) < 4.78 is 5.04. The van der Waals surface area contributed by atoms with Crippen molar-refractivity contribution in [1.82, 2.24) is 0 Å². The summed E-state index contributed by atoms with van der Waals surface area (Å²) in [5, 5.41) is 0. The highest BCUT2D eigenvalue weighted by atomic mass is 16.5. The molecule has 0 atom stereocenters. The molecule has 0 saturated carbocycles. The van der Waals surface area contributed by atoms with Crippen molar-refractivity contribution in [3.8, 4) is 0 Å². The van der Waals surface area contributed by atoms with Crippen molar-refractivity contribution in [3.05, 3.63) is 12.2 Å². The molecule has 112 valence electrons. The van der Waals surface area contributed by atoms with Crippen LogP contribution >= 0.6 is 0 Å². The summed E-state index contributed by atoms with van der Waals surface area (Å²) in [6.07, 6.45) is 17.7. The van der Waals surface area contributed by atoms with Crippen molar-refractivity contribution in [2.24, 2.45) is 0 Å². The van der Waals surface area contributed by atoms with Crippen molar-refractivity contribution in [3.63, 3.8) is 0 Å². The minimum atomic E-state index is -0.0721. The molecule has 0 aromatic carbocycles. The average Bonchev–Trinajstić information content (AvgIpc) is 2.43. The van der Waals surface area contributed by atoms with Gasteiger partial charge in [-0.3, -0.25) is 4.79 Å². The smallest absolute Gasteiger partial charge is 0.305 e. The van der Waals surface area contributed by atoms with Gasteiger partial charge in [0.05, 0.1) is 6.61 Å². The monoisotopic (exact) mass is 268 g/mol. The highest BCUT2D eigenvalue weighted by Gasteiger charge is 1.97. The maximum Gasteiger partial charge on any atom is 0.305 e. The molecule has 0 spiro atoms. The molecule has 2 nitrogen and oxygen atoms in total. The van der Waals surface area contributed by atoms with Gasteiger partial charge in [0.2, 0.25) is 0 Å². The van der Waals surface area contributed by atoms with E-state index in [2.05, 4.69) is 19.1 Å². The second-order valence-corrected chi connectivity index (χ2v) is 5.07. The van der Waals surface area contributed by atoms with Crippen LogP contribution in [0.3, 0.4) is 0 Å². The second kappa shape index (κ2) is 15.3. The van der Waals surface area contributed by atoms with E-state index in [0.29, 0.717) is 13.0 Å². The number of ether oxygens (including phenoxy) is 1. The molecule has 0 aliphatic heterocycles. The lowest BCUT2D eigenvalue weighted by Crippen LogP contribution is -2.03. The minimum Gasteiger partial charge on any atom is -0.466 e. The topological polar surface area (TPSA) is 26.3 Å². The van der Waals surface area contributed by atoms with Gasteiger partial charge >= 0.3 is 5.97 Å². The van der Waals surface area contributed by atoms with Crippen LogP contribution in [0.15, 0.2) is 12.2 Å². The van der Waals surface area contributed by atoms with E-state index in [0.717, 1.165) is 12.8 Å². The molecule has 0 aliphatic rings. The number of carbonyl (C=O) groups excluding carboxylic acids is 1. The molecule has 0 bridgehead atoms. The highest BCUT2D eigenvalue weighted by Crippen LogP contribution is 2.10. The number of hydrogen-bond donors (Lipinski definition) is 0. The normalized spacial score (nSPS) is 11.1. The lowest BCUT2D eigenvalue weighted by Gasteiger charge is -2.03. The number of rotatable bonds is 13. The number of hydrogen-bond acceptors (Lipinski definition) is 2. The summed E-state index contributed by atoms with van der Waals surface area (Å²) in [6, 6.07) is 0. The molecular formula is C17H32O2. The minimum absolute atomic E-state index is 0.0721. The van der Waals surface area contributed by atoms with Crippen LogP contribution in [0.1, 0.15) is 84.5 Å². The fourth-order valence-electron chi connectivity index (χ4n) is 2.00. The van der Waals surface area contributed by atoms with Crippen molar-refractivity contribution < 1.29 is 9.53 Å². The zero-order valence-electron chi connectivity index (χ0n) is 13.0. The zero-order chi connectivity index (χ0) is 14.2. The van der Waals surface area contributed by atoms with Crippen molar-refractivity contribution >= 4 is 5.97 Å². The first kappa shape index (κ1) is 18.2. The Bertz CT molecular complexity index is 221. The van der Waals surface area contributed by atoms with Gasteiger partial charge in [0.25, 0.3) is 0 Å². The Morgan fingerprint density at radius 2 is 1.42 bits per heavy atom. The van der Waals surface area contributed by atoms with Gasteiger partial charge in [-0.1, -0.05) is 64.5 Å². The third-order valence-electron chi connectivity index (χ3n) is 3.22. The zero-order valence-corrected chi connectivity index (χ0v) is 13.0. The Hall–Kier alpha value is -0.790. The van der Waals surface area contributed by atoms with Crippen LogP contribution in [0, 0.1) is 0 Å². The number of carbonyl (C=O) groups is 1. The summed E-state index contributed by atoms with van der Waals surface area (Å²) in [6.45, 7) is 4.62. The standard InChI is InChI=1S/C17H32O2/c1-3-5-6-7-8-9-10-11-12-13-14-15-16-19-17(18)4-2/h5-6H,3-4,7-16H2,1-2H3/b6-5+. The van der Waals surface area contributed by atoms with E-state index in [1.165, 1.54) is 51.4 Å². The van der Waals surface area contributed by atoms with Crippen LogP contribution in [0.25, 0.3) is 0 Å². The van der Waals surface area contributed by atoms with Crippen LogP contribution in [-0.2, 0) is 9.53 Å². The van der Waals surface area contributed by atoms with E-state index in [4.69, 9.17) is 4.74 Å². The van der Waals surface area contributed by atoms with Crippen LogP contribution in [-0.4, -0.2) is 12.6 Å². The summed E-state index contributed by atoms with van der Waals surface area (Å²) in [7, 11) is 0. The maximum absolute atomic E-state index is 10.9. The predicted molar refractivity (Wildman–Crippen MR) is 82.2 cm³/mol. The van der Waals surface area contributed by atoms with Crippen LogP contribution in [0.5, 0.6) is 0 Å². The van der Waals surface area contributed by atoms with E-state index in [1.807, 2.05) is 6.92 Å². The fourth-order valence-corrected chi connectivity index (χ4v) is 2.00. The van der Waals surface area contributed by atoms with Crippen LogP contribution in [0.2, 0.25) is 0 Å². The average molecular weight is 268 g/mol. The molecule has 0 fully saturated rings. The van der Waals surface area contributed by atoms with Crippen molar-refractivity contribution in [1.29, 1.82) is 0 Å². The molecule has 0 radical (unpaired) electrons. The molecule has 19 heavy (non-hydrogen) atoms. The Morgan fingerprint density at radius 1 is 0.842 bits per heavy atom. The molecule has 0 unspecified atom stereocenters. The van der Waals surface area contributed by atoms with E-state index in [1.54, 1.807) is 0 Å². The van der Waals surface area contributed by atoms with Crippen LogP contribution < -0.4 is 0 Å². The molecule has 0 heterocycles. The number of esters is 1. The molecule has 0 aromatic heterocycles. The first-order chi connectivity index (χ1) is 9.31. The summed E-state index contributed by atoms with van der Waals surface area (Å²) in [5.74, 6) is -0.0721. The number of allylic oxidation sites excluding steroid dienone is 2. The Kier molecular flexibility index (Phi) is 14.6. The largest absolute Gasteiger partial charge is 0.466 e. The van der Waals surface area contributed by atoms with Gasteiger partial charge in [-0.05, 0) is 25.7 Å².